The fraction of sp³-hybridized carbons (Fsp3) is 0.250. The molecule has 2 heterocycles. The lowest BCUT2D eigenvalue weighted by Gasteiger charge is -2.36. The Kier molecular flexibility index (Phi) is 4.77. The van der Waals surface area contributed by atoms with Crippen LogP contribution in [-0.4, -0.2) is 34.3 Å². The summed E-state index contributed by atoms with van der Waals surface area (Å²) in [5, 5.41) is 7.99. The molecule has 0 amide bonds. The highest BCUT2D eigenvalue weighted by atomic mass is 19.1. The fourth-order valence-electron chi connectivity index (χ4n) is 3.37. The van der Waals surface area contributed by atoms with Crippen molar-refractivity contribution < 1.29 is 8.78 Å². The first-order valence-corrected chi connectivity index (χ1v) is 8.70. The minimum absolute atomic E-state index is 0.107. The Morgan fingerprint density at radius 1 is 1.04 bits per heavy atom. The Hall–Kier alpha value is -2.57. The molecule has 0 spiro atoms. The van der Waals surface area contributed by atoms with Gasteiger partial charge in [-0.05, 0) is 48.0 Å². The quantitative estimate of drug-likeness (QED) is 0.780. The summed E-state index contributed by atoms with van der Waals surface area (Å²) in [5.74, 6) is -0.478. The fourth-order valence-corrected chi connectivity index (χ4v) is 3.37. The molecule has 1 aliphatic heterocycles. The average Bonchev–Trinajstić information content (AvgIpc) is 3.11. The highest BCUT2D eigenvalue weighted by Crippen LogP contribution is 2.24. The lowest BCUT2D eigenvalue weighted by molar-refractivity contribution is 0.151. The maximum absolute atomic E-state index is 13.6. The molecule has 0 saturated carbocycles. The van der Waals surface area contributed by atoms with Gasteiger partial charge in [0.15, 0.2) is 0 Å². The highest BCUT2D eigenvalue weighted by Gasteiger charge is 2.24. The van der Waals surface area contributed by atoms with E-state index in [1.54, 1.807) is 28.9 Å². The van der Waals surface area contributed by atoms with Crippen molar-refractivity contribution in [1.82, 2.24) is 20.0 Å². The molecular weight excluding hydrogens is 334 g/mol. The van der Waals surface area contributed by atoms with Crippen LogP contribution < -0.4 is 5.32 Å². The number of nitrogens with one attached hydrogen (secondary N) is 1. The second-order valence-corrected chi connectivity index (χ2v) is 6.47. The number of hydrogen-bond acceptors (Lipinski definition) is 3. The Morgan fingerprint density at radius 2 is 1.88 bits per heavy atom. The lowest BCUT2D eigenvalue weighted by atomic mass is 10.0. The topological polar surface area (TPSA) is 33.1 Å². The summed E-state index contributed by atoms with van der Waals surface area (Å²) in [6, 6.07) is 15.1. The van der Waals surface area contributed by atoms with E-state index >= 15 is 0 Å². The summed E-state index contributed by atoms with van der Waals surface area (Å²) in [6.45, 7) is 3.22. The predicted molar refractivity (Wildman–Crippen MR) is 95.9 cm³/mol. The van der Waals surface area contributed by atoms with Crippen molar-refractivity contribution >= 4 is 0 Å². The van der Waals surface area contributed by atoms with E-state index in [0.29, 0.717) is 6.54 Å². The third-order valence-corrected chi connectivity index (χ3v) is 4.69. The Balaban J connectivity index is 1.52. The zero-order chi connectivity index (χ0) is 17.9. The van der Waals surface area contributed by atoms with Crippen molar-refractivity contribution in [2.75, 3.05) is 19.6 Å². The molecule has 1 aromatic heterocycles. The number of benzene rings is 2. The average molecular weight is 354 g/mol. The van der Waals surface area contributed by atoms with E-state index in [9.17, 15) is 8.78 Å². The number of rotatable bonds is 4. The van der Waals surface area contributed by atoms with Crippen molar-refractivity contribution in [1.29, 1.82) is 0 Å². The Bertz CT molecular complexity index is 876. The monoisotopic (exact) mass is 354 g/mol. The van der Waals surface area contributed by atoms with Crippen LogP contribution in [-0.2, 0) is 6.54 Å². The smallest absolute Gasteiger partial charge is 0.123 e. The summed E-state index contributed by atoms with van der Waals surface area (Å²) < 4.78 is 28.4. The zero-order valence-corrected chi connectivity index (χ0v) is 14.3. The molecule has 6 heteroatoms. The molecule has 2 aromatic carbocycles. The van der Waals surface area contributed by atoms with Crippen molar-refractivity contribution in [2.45, 2.75) is 12.6 Å². The maximum atomic E-state index is 13.6. The molecule has 0 bridgehead atoms. The van der Waals surface area contributed by atoms with E-state index in [0.717, 1.165) is 36.6 Å². The van der Waals surface area contributed by atoms with Crippen LogP contribution in [0.15, 0.2) is 60.8 Å². The molecule has 0 radical (unpaired) electrons. The summed E-state index contributed by atoms with van der Waals surface area (Å²) in [5.41, 5.74) is 2.72. The third kappa shape index (κ3) is 3.66. The van der Waals surface area contributed by atoms with E-state index in [4.69, 9.17) is 0 Å². The summed E-state index contributed by atoms with van der Waals surface area (Å²) in [4.78, 5) is 2.31. The number of hydrogen-bond donors (Lipinski definition) is 1. The van der Waals surface area contributed by atoms with Crippen LogP contribution in [0.5, 0.6) is 0 Å². The van der Waals surface area contributed by atoms with E-state index in [2.05, 4.69) is 15.3 Å². The first-order valence-electron chi connectivity index (χ1n) is 8.70. The molecule has 134 valence electrons. The van der Waals surface area contributed by atoms with Crippen LogP contribution in [0, 0.1) is 11.6 Å². The molecule has 1 saturated heterocycles. The largest absolute Gasteiger partial charge is 0.314 e. The molecule has 3 aromatic rings. The van der Waals surface area contributed by atoms with E-state index < -0.39 is 0 Å². The second kappa shape index (κ2) is 7.35. The lowest BCUT2D eigenvalue weighted by Crippen LogP contribution is -2.45. The van der Waals surface area contributed by atoms with E-state index in [1.165, 1.54) is 18.2 Å². The summed E-state index contributed by atoms with van der Waals surface area (Å²) in [6.07, 6.45) is 1.88. The zero-order valence-electron chi connectivity index (χ0n) is 14.3. The molecule has 1 atom stereocenters. The Labute approximate surface area is 151 Å². The number of aromatic nitrogens is 2. The first-order chi connectivity index (χ1) is 12.7. The number of halogens is 2. The van der Waals surface area contributed by atoms with Crippen LogP contribution >= 0.6 is 0 Å². The van der Waals surface area contributed by atoms with Crippen molar-refractivity contribution in [3.8, 4) is 5.69 Å². The van der Waals surface area contributed by atoms with Crippen molar-refractivity contribution in [3.63, 3.8) is 0 Å². The highest BCUT2D eigenvalue weighted by molar-refractivity contribution is 5.31. The van der Waals surface area contributed by atoms with Gasteiger partial charge in [-0.1, -0.05) is 12.1 Å². The van der Waals surface area contributed by atoms with Gasteiger partial charge in [-0.3, -0.25) is 4.90 Å². The molecule has 26 heavy (non-hydrogen) atoms. The van der Waals surface area contributed by atoms with Crippen LogP contribution in [0.2, 0.25) is 0 Å². The van der Waals surface area contributed by atoms with Gasteiger partial charge in [-0.15, -0.1) is 0 Å². The SMILES string of the molecule is Fc1ccc(-n2ccc(CN3CCNCC3c3cccc(F)c3)n2)cc1. The van der Waals surface area contributed by atoms with Crippen LogP contribution in [0.1, 0.15) is 17.3 Å². The Morgan fingerprint density at radius 3 is 2.69 bits per heavy atom. The third-order valence-electron chi connectivity index (χ3n) is 4.69. The standard InChI is InChI=1S/C20H20F2N4/c21-16-4-6-19(7-5-16)26-10-8-18(24-26)14-25-11-9-23-13-20(25)15-2-1-3-17(22)12-15/h1-8,10,12,20,23H,9,11,13-14H2. The van der Waals surface area contributed by atoms with Gasteiger partial charge in [0.25, 0.3) is 0 Å². The number of piperazine rings is 1. The molecule has 4 rings (SSSR count). The summed E-state index contributed by atoms with van der Waals surface area (Å²) in [7, 11) is 0. The van der Waals surface area contributed by atoms with E-state index in [1.807, 2.05) is 18.3 Å². The van der Waals surface area contributed by atoms with E-state index in [-0.39, 0.29) is 17.7 Å². The molecular formula is C20H20F2N4. The van der Waals surface area contributed by atoms with Crippen molar-refractivity contribution in [3.05, 3.63) is 83.7 Å². The van der Waals surface area contributed by atoms with Crippen LogP contribution in [0.3, 0.4) is 0 Å². The minimum atomic E-state index is -0.264. The first kappa shape index (κ1) is 16.9. The van der Waals surface area contributed by atoms with Gasteiger partial charge in [0.1, 0.15) is 11.6 Å². The van der Waals surface area contributed by atoms with Gasteiger partial charge in [0.05, 0.1) is 11.4 Å². The molecule has 1 N–H and O–H groups in total. The maximum Gasteiger partial charge on any atom is 0.123 e. The minimum Gasteiger partial charge on any atom is -0.314 e. The van der Waals surface area contributed by atoms with Crippen LogP contribution in [0.25, 0.3) is 5.69 Å². The van der Waals surface area contributed by atoms with Gasteiger partial charge in [0.2, 0.25) is 0 Å². The van der Waals surface area contributed by atoms with Gasteiger partial charge >= 0.3 is 0 Å². The molecule has 0 aliphatic carbocycles. The van der Waals surface area contributed by atoms with Gasteiger partial charge in [-0.25, -0.2) is 13.5 Å². The molecule has 1 unspecified atom stereocenters. The normalized spacial score (nSPS) is 18.2. The second-order valence-electron chi connectivity index (χ2n) is 6.47. The molecule has 4 nitrogen and oxygen atoms in total. The predicted octanol–water partition coefficient (Wildman–Crippen LogP) is 3.30. The molecule has 1 aliphatic rings. The summed E-state index contributed by atoms with van der Waals surface area (Å²) >= 11 is 0. The van der Waals surface area contributed by atoms with Gasteiger partial charge in [-0.2, -0.15) is 5.10 Å². The van der Waals surface area contributed by atoms with Gasteiger partial charge < -0.3 is 5.32 Å². The van der Waals surface area contributed by atoms with Crippen LogP contribution in [0.4, 0.5) is 8.78 Å². The molecule has 1 fully saturated rings. The van der Waals surface area contributed by atoms with Gasteiger partial charge in [0, 0.05) is 38.4 Å². The van der Waals surface area contributed by atoms with Crippen molar-refractivity contribution in [2.24, 2.45) is 0 Å². The number of nitrogens with zero attached hydrogens (tertiary/aromatic N) is 3.